The molecule has 2 aliphatic carbocycles. The van der Waals surface area contributed by atoms with E-state index < -0.39 is 17.8 Å². The third-order valence-corrected chi connectivity index (χ3v) is 5.41. The molecule has 0 radical (unpaired) electrons. The molecule has 4 heteroatoms. The summed E-state index contributed by atoms with van der Waals surface area (Å²) in [5.41, 5.74) is 2.15. The summed E-state index contributed by atoms with van der Waals surface area (Å²) in [5.74, 6) is -1.68. The molecule has 0 saturated heterocycles. The van der Waals surface area contributed by atoms with Crippen LogP contribution in [0, 0.1) is 23.7 Å². The number of hydrogen-bond acceptors (Lipinski definition) is 2. The topological polar surface area (TPSA) is 57.6 Å². The minimum atomic E-state index is -0.833. The molecule has 1 saturated carbocycles. The molecule has 3 aliphatic rings. The van der Waals surface area contributed by atoms with Gasteiger partial charge in [0.2, 0.25) is 5.91 Å². The van der Waals surface area contributed by atoms with Crippen molar-refractivity contribution in [3.63, 3.8) is 0 Å². The van der Waals surface area contributed by atoms with Crippen molar-refractivity contribution >= 4 is 17.6 Å². The second kappa shape index (κ2) is 4.97. The molecule has 1 heterocycles. The number of para-hydroxylation sites is 1. The Hall–Kier alpha value is -2.10. The Bertz CT molecular complexity index is 666. The van der Waals surface area contributed by atoms with Crippen molar-refractivity contribution in [3.8, 4) is 0 Å². The fraction of sp³-hybridized carbons (Fsp3) is 0.444. The highest BCUT2D eigenvalue weighted by Gasteiger charge is 2.52. The molecule has 4 rings (SSSR count). The van der Waals surface area contributed by atoms with Crippen molar-refractivity contribution in [1.82, 2.24) is 0 Å². The molecule has 0 spiro atoms. The molecule has 4 nitrogen and oxygen atoms in total. The quantitative estimate of drug-likeness (QED) is 0.853. The number of anilines is 1. The van der Waals surface area contributed by atoms with Crippen LogP contribution in [-0.4, -0.2) is 23.5 Å². The molecule has 0 unspecified atom stereocenters. The predicted octanol–water partition coefficient (Wildman–Crippen LogP) is 2.49. The first-order valence-corrected chi connectivity index (χ1v) is 7.97. The van der Waals surface area contributed by atoms with Gasteiger partial charge in [0.05, 0.1) is 11.8 Å². The van der Waals surface area contributed by atoms with E-state index in [1.807, 2.05) is 35.3 Å². The van der Waals surface area contributed by atoms with E-state index in [9.17, 15) is 14.7 Å². The number of benzene rings is 1. The molecule has 1 aliphatic heterocycles. The number of nitrogens with zero attached hydrogens (tertiary/aromatic N) is 1. The highest BCUT2D eigenvalue weighted by Crippen LogP contribution is 2.49. The number of allylic oxidation sites excluding steroid dienone is 2. The van der Waals surface area contributed by atoms with Crippen LogP contribution in [-0.2, 0) is 16.0 Å². The number of carbonyl (C=O) groups excluding carboxylic acids is 1. The lowest BCUT2D eigenvalue weighted by molar-refractivity contribution is -0.147. The summed E-state index contributed by atoms with van der Waals surface area (Å²) in [7, 11) is 0. The van der Waals surface area contributed by atoms with E-state index in [4.69, 9.17) is 0 Å². The Morgan fingerprint density at radius 3 is 2.59 bits per heavy atom. The molecule has 2 bridgehead atoms. The number of carboxylic acids is 1. The van der Waals surface area contributed by atoms with Gasteiger partial charge < -0.3 is 10.0 Å². The first-order valence-electron chi connectivity index (χ1n) is 7.97. The maximum atomic E-state index is 13.1. The average Bonchev–Trinajstić information content (AvgIpc) is 3.14. The van der Waals surface area contributed by atoms with Crippen LogP contribution < -0.4 is 4.90 Å². The fourth-order valence-electron chi connectivity index (χ4n) is 4.44. The van der Waals surface area contributed by atoms with E-state index in [2.05, 4.69) is 6.07 Å². The van der Waals surface area contributed by atoms with Crippen molar-refractivity contribution in [1.29, 1.82) is 0 Å². The first kappa shape index (κ1) is 13.6. The van der Waals surface area contributed by atoms with Gasteiger partial charge in [0.25, 0.3) is 0 Å². The van der Waals surface area contributed by atoms with Crippen LogP contribution in [0.25, 0.3) is 0 Å². The van der Waals surface area contributed by atoms with Gasteiger partial charge in [-0.2, -0.15) is 0 Å². The zero-order valence-corrected chi connectivity index (χ0v) is 12.3. The van der Waals surface area contributed by atoms with Crippen LogP contribution in [0.4, 0.5) is 5.69 Å². The summed E-state index contributed by atoms with van der Waals surface area (Å²) in [6.45, 7) is 0.694. The molecule has 1 aromatic carbocycles. The second-order valence-corrected chi connectivity index (χ2v) is 6.56. The van der Waals surface area contributed by atoms with Gasteiger partial charge in [-0.05, 0) is 42.7 Å². The van der Waals surface area contributed by atoms with Gasteiger partial charge in [-0.3, -0.25) is 9.59 Å². The molecule has 1 N–H and O–H groups in total. The van der Waals surface area contributed by atoms with Crippen molar-refractivity contribution in [2.45, 2.75) is 19.3 Å². The van der Waals surface area contributed by atoms with E-state index in [0.29, 0.717) is 6.54 Å². The van der Waals surface area contributed by atoms with Gasteiger partial charge >= 0.3 is 5.97 Å². The molecule has 114 valence electrons. The maximum Gasteiger partial charge on any atom is 0.307 e. The van der Waals surface area contributed by atoms with Crippen LogP contribution in [0.3, 0.4) is 0 Å². The van der Waals surface area contributed by atoms with E-state index in [0.717, 1.165) is 24.9 Å². The third kappa shape index (κ3) is 1.90. The van der Waals surface area contributed by atoms with Crippen LogP contribution in [0.15, 0.2) is 36.4 Å². The van der Waals surface area contributed by atoms with E-state index in [1.165, 1.54) is 5.56 Å². The van der Waals surface area contributed by atoms with Gasteiger partial charge in [0, 0.05) is 12.2 Å². The van der Waals surface area contributed by atoms with Gasteiger partial charge in [-0.15, -0.1) is 0 Å². The Morgan fingerprint density at radius 2 is 1.82 bits per heavy atom. The first-order chi connectivity index (χ1) is 10.7. The van der Waals surface area contributed by atoms with E-state index in [1.54, 1.807) is 0 Å². The number of rotatable bonds is 2. The zero-order chi connectivity index (χ0) is 15.3. The van der Waals surface area contributed by atoms with Crippen LogP contribution in [0.5, 0.6) is 0 Å². The monoisotopic (exact) mass is 297 g/mol. The minimum absolute atomic E-state index is 0.00333. The minimum Gasteiger partial charge on any atom is -0.481 e. The van der Waals surface area contributed by atoms with Gasteiger partial charge in [-0.1, -0.05) is 30.4 Å². The van der Waals surface area contributed by atoms with Gasteiger partial charge in [0.15, 0.2) is 0 Å². The highest BCUT2D eigenvalue weighted by atomic mass is 16.4. The summed E-state index contributed by atoms with van der Waals surface area (Å²) < 4.78 is 0. The standard InChI is InChI=1S/C18H19NO3/c20-17(15-12-7-8-13(10-12)16(15)18(21)22)19-9-3-5-11-4-1-2-6-14(11)19/h1-2,4,6-8,12-13,15-16H,3,5,9-10H2,(H,21,22)/t12-,13+,15-,16-/m0/s1. The fourth-order valence-corrected chi connectivity index (χ4v) is 4.44. The van der Waals surface area contributed by atoms with Crippen LogP contribution >= 0.6 is 0 Å². The average molecular weight is 297 g/mol. The number of carboxylic acid groups (broad SMARTS) is 1. The second-order valence-electron chi connectivity index (χ2n) is 6.56. The summed E-state index contributed by atoms with van der Waals surface area (Å²) in [5, 5.41) is 9.54. The molecular formula is C18H19NO3. The lowest BCUT2D eigenvalue weighted by Gasteiger charge is -2.34. The number of aliphatic carboxylic acids is 1. The normalized spacial score (nSPS) is 32.1. The SMILES string of the molecule is O=C(O)[C@@H]1[C@@H](C(=O)N2CCCc3ccccc32)[C@H]2C=C[C@@H]1C2. The maximum absolute atomic E-state index is 13.1. The zero-order valence-electron chi connectivity index (χ0n) is 12.3. The molecule has 22 heavy (non-hydrogen) atoms. The Labute approximate surface area is 129 Å². The molecule has 0 aromatic heterocycles. The predicted molar refractivity (Wildman–Crippen MR) is 82.5 cm³/mol. The van der Waals surface area contributed by atoms with Crippen molar-refractivity contribution in [2.24, 2.45) is 23.7 Å². The summed E-state index contributed by atoms with van der Waals surface area (Å²) in [6.07, 6.45) is 6.76. The van der Waals surface area contributed by atoms with Gasteiger partial charge in [-0.25, -0.2) is 0 Å². The van der Waals surface area contributed by atoms with Crippen LogP contribution in [0.1, 0.15) is 18.4 Å². The summed E-state index contributed by atoms with van der Waals surface area (Å²) >= 11 is 0. The number of aryl methyl sites for hydroxylation is 1. The lowest BCUT2D eigenvalue weighted by atomic mass is 9.81. The molecule has 1 fully saturated rings. The van der Waals surface area contributed by atoms with Crippen molar-refractivity contribution in [3.05, 3.63) is 42.0 Å². The largest absolute Gasteiger partial charge is 0.481 e. The Balaban J connectivity index is 1.68. The Kier molecular flexibility index (Phi) is 3.06. The number of amides is 1. The summed E-state index contributed by atoms with van der Waals surface area (Å²) in [6, 6.07) is 7.97. The van der Waals surface area contributed by atoms with Crippen LogP contribution in [0.2, 0.25) is 0 Å². The van der Waals surface area contributed by atoms with E-state index >= 15 is 0 Å². The molecule has 1 aromatic rings. The van der Waals surface area contributed by atoms with E-state index in [-0.39, 0.29) is 17.7 Å². The number of carbonyl (C=O) groups is 2. The van der Waals surface area contributed by atoms with Gasteiger partial charge in [0.1, 0.15) is 0 Å². The van der Waals surface area contributed by atoms with Crippen molar-refractivity contribution in [2.75, 3.05) is 11.4 Å². The Morgan fingerprint density at radius 1 is 1.09 bits per heavy atom. The molecule has 1 amide bonds. The molecular weight excluding hydrogens is 278 g/mol. The number of hydrogen-bond donors (Lipinski definition) is 1. The smallest absolute Gasteiger partial charge is 0.307 e. The third-order valence-electron chi connectivity index (χ3n) is 5.41. The van der Waals surface area contributed by atoms with Crippen molar-refractivity contribution < 1.29 is 14.7 Å². The number of fused-ring (bicyclic) bond motifs is 3. The summed E-state index contributed by atoms with van der Waals surface area (Å²) in [4.78, 5) is 26.6. The molecule has 4 atom stereocenters. The highest BCUT2D eigenvalue weighted by molar-refractivity contribution is 5.99. The lowest BCUT2D eigenvalue weighted by Crippen LogP contribution is -2.45.